The summed E-state index contributed by atoms with van der Waals surface area (Å²) < 4.78 is 0. The second-order valence-corrected chi connectivity index (χ2v) is 4.70. The third-order valence-corrected chi connectivity index (χ3v) is 3.29. The van der Waals surface area contributed by atoms with E-state index in [4.69, 9.17) is 11.5 Å². The van der Waals surface area contributed by atoms with Gasteiger partial charge in [-0.05, 0) is 38.8 Å². The Morgan fingerprint density at radius 3 is 2.47 bits per heavy atom. The van der Waals surface area contributed by atoms with Crippen molar-refractivity contribution in [2.45, 2.75) is 32.2 Å². The zero-order valence-corrected chi connectivity index (χ0v) is 10.3. The van der Waals surface area contributed by atoms with Crippen molar-refractivity contribution in [3.63, 3.8) is 0 Å². The highest BCUT2D eigenvalue weighted by Gasteiger charge is 2.21. The van der Waals surface area contributed by atoms with Gasteiger partial charge >= 0.3 is 6.03 Å². The van der Waals surface area contributed by atoms with Gasteiger partial charge in [-0.25, -0.2) is 4.79 Å². The predicted octanol–water partition coefficient (Wildman–Crippen LogP) is -0.369. The molecule has 1 aliphatic rings. The van der Waals surface area contributed by atoms with Crippen molar-refractivity contribution in [2.75, 3.05) is 19.6 Å². The van der Waals surface area contributed by atoms with Gasteiger partial charge in [0, 0.05) is 19.0 Å². The normalized spacial score (nSPS) is 19.9. The van der Waals surface area contributed by atoms with Crippen molar-refractivity contribution in [2.24, 2.45) is 17.4 Å². The molecule has 0 saturated carbocycles. The van der Waals surface area contributed by atoms with Crippen LogP contribution in [0.5, 0.6) is 0 Å². The fraction of sp³-hybridized carbons (Fsp3) is 0.818. The average Bonchev–Trinajstić information content (AvgIpc) is 2.26. The Morgan fingerprint density at radius 2 is 2.00 bits per heavy atom. The van der Waals surface area contributed by atoms with Crippen molar-refractivity contribution in [3.05, 3.63) is 0 Å². The minimum absolute atomic E-state index is 0.246. The van der Waals surface area contributed by atoms with Crippen molar-refractivity contribution in [1.29, 1.82) is 0 Å². The van der Waals surface area contributed by atoms with Crippen LogP contribution in [0.2, 0.25) is 0 Å². The second-order valence-electron chi connectivity index (χ2n) is 4.70. The molecular formula is C11H22N4O2. The van der Waals surface area contributed by atoms with Crippen LogP contribution in [-0.4, -0.2) is 42.5 Å². The number of likely N-dealkylation sites (tertiary alicyclic amines) is 1. The smallest absolute Gasteiger partial charge is 0.318 e. The largest absolute Gasteiger partial charge is 0.351 e. The Labute approximate surface area is 102 Å². The molecule has 1 saturated heterocycles. The molecule has 0 aromatic carbocycles. The van der Waals surface area contributed by atoms with E-state index in [0.717, 1.165) is 25.9 Å². The molecule has 5 N–H and O–H groups in total. The summed E-state index contributed by atoms with van der Waals surface area (Å²) in [6.07, 6.45) is 2.47. The number of primary amides is 1. The fourth-order valence-electron chi connectivity index (χ4n) is 2.16. The molecular weight excluding hydrogens is 220 g/mol. The van der Waals surface area contributed by atoms with E-state index < -0.39 is 6.03 Å². The number of carbonyl (C=O) groups excluding carboxylic acids is 2. The summed E-state index contributed by atoms with van der Waals surface area (Å²) in [7, 11) is 0. The number of hydrogen-bond acceptors (Lipinski definition) is 4. The topological polar surface area (TPSA) is 101 Å². The zero-order valence-electron chi connectivity index (χ0n) is 10.3. The molecule has 0 aromatic heterocycles. The molecule has 1 aliphatic heterocycles. The van der Waals surface area contributed by atoms with Crippen LogP contribution in [0.3, 0.4) is 0 Å². The highest BCUT2D eigenvalue weighted by Crippen LogP contribution is 2.19. The van der Waals surface area contributed by atoms with E-state index in [1.807, 2.05) is 6.92 Å². The van der Waals surface area contributed by atoms with Crippen LogP contribution >= 0.6 is 0 Å². The summed E-state index contributed by atoms with van der Waals surface area (Å²) >= 11 is 0. The molecule has 98 valence electrons. The summed E-state index contributed by atoms with van der Waals surface area (Å²) in [5.41, 5.74) is 10.7. The molecule has 17 heavy (non-hydrogen) atoms. The second kappa shape index (κ2) is 6.56. The van der Waals surface area contributed by atoms with E-state index in [9.17, 15) is 9.59 Å². The summed E-state index contributed by atoms with van der Waals surface area (Å²) in [4.78, 5) is 23.9. The van der Waals surface area contributed by atoms with E-state index in [1.165, 1.54) is 0 Å². The van der Waals surface area contributed by atoms with Crippen molar-refractivity contribution >= 4 is 11.9 Å². The standard InChI is InChI=1S/C11H22N4O2/c1-8(12)9-2-5-15(6-3-9)7-4-10(16)14-11(13)17/h8-9H,2-7,12H2,1H3,(H3,13,14,16,17). The quantitative estimate of drug-likeness (QED) is 0.626. The predicted molar refractivity (Wildman–Crippen MR) is 65.2 cm³/mol. The lowest BCUT2D eigenvalue weighted by atomic mass is 9.91. The average molecular weight is 242 g/mol. The maximum atomic E-state index is 11.2. The molecule has 0 bridgehead atoms. The van der Waals surface area contributed by atoms with Gasteiger partial charge in [-0.1, -0.05) is 0 Å². The third-order valence-electron chi connectivity index (χ3n) is 3.29. The highest BCUT2D eigenvalue weighted by atomic mass is 16.2. The number of urea groups is 1. The first-order chi connectivity index (χ1) is 7.99. The number of hydrogen-bond donors (Lipinski definition) is 3. The minimum Gasteiger partial charge on any atom is -0.351 e. The van der Waals surface area contributed by atoms with E-state index in [2.05, 4.69) is 10.2 Å². The van der Waals surface area contributed by atoms with Crippen LogP contribution in [0.15, 0.2) is 0 Å². The van der Waals surface area contributed by atoms with Crippen LogP contribution in [-0.2, 0) is 4.79 Å². The van der Waals surface area contributed by atoms with Crippen LogP contribution < -0.4 is 16.8 Å². The molecule has 0 radical (unpaired) electrons. The fourth-order valence-corrected chi connectivity index (χ4v) is 2.16. The van der Waals surface area contributed by atoms with E-state index in [-0.39, 0.29) is 11.9 Å². The van der Waals surface area contributed by atoms with E-state index >= 15 is 0 Å². The first-order valence-corrected chi connectivity index (χ1v) is 6.06. The van der Waals surface area contributed by atoms with Crippen molar-refractivity contribution in [3.8, 4) is 0 Å². The van der Waals surface area contributed by atoms with E-state index in [0.29, 0.717) is 18.9 Å². The maximum absolute atomic E-state index is 11.2. The van der Waals surface area contributed by atoms with Gasteiger partial charge in [-0.15, -0.1) is 0 Å². The molecule has 0 aromatic rings. The van der Waals surface area contributed by atoms with Gasteiger partial charge in [0.1, 0.15) is 0 Å². The number of rotatable bonds is 4. The summed E-state index contributed by atoms with van der Waals surface area (Å²) in [5.74, 6) is 0.275. The summed E-state index contributed by atoms with van der Waals surface area (Å²) in [5, 5.41) is 2.06. The Balaban J connectivity index is 2.18. The first kappa shape index (κ1) is 13.9. The Hall–Kier alpha value is -1.14. The zero-order chi connectivity index (χ0) is 12.8. The number of imide groups is 1. The lowest BCUT2D eigenvalue weighted by Gasteiger charge is -2.33. The third kappa shape index (κ3) is 5.14. The van der Waals surface area contributed by atoms with Gasteiger partial charge in [0.15, 0.2) is 0 Å². The maximum Gasteiger partial charge on any atom is 0.318 e. The number of carbonyl (C=O) groups is 2. The molecule has 0 spiro atoms. The van der Waals surface area contributed by atoms with Crippen LogP contribution in [0, 0.1) is 5.92 Å². The molecule has 3 amide bonds. The minimum atomic E-state index is -0.786. The number of nitrogens with one attached hydrogen (secondary N) is 1. The summed E-state index contributed by atoms with van der Waals surface area (Å²) in [6, 6.07) is -0.541. The van der Waals surface area contributed by atoms with Gasteiger partial charge in [-0.3, -0.25) is 10.1 Å². The number of amides is 3. The molecule has 6 heteroatoms. The van der Waals surface area contributed by atoms with Crippen LogP contribution in [0.25, 0.3) is 0 Å². The van der Waals surface area contributed by atoms with Crippen LogP contribution in [0.1, 0.15) is 26.2 Å². The van der Waals surface area contributed by atoms with Gasteiger partial charge < -0.3 is 16.4 Å². The number of nitrogens with zero attached hydrogens (tertiary/aromatic N) is 1. The van der Waals surface area contributed by atoms with Gasteiger partial charge in [-0.2, -0.15) is 0 Å². The molecule has 1 atom stereocenters. The number of piperidine rings is 1. The molecule has 1 unspecified atom stereocenters. The van der Waals surface area contributed by atoms with Crippen molar-refractivity contribution < 1.29 is 9.59 Å². The van der Waals surface area contributed by atoms with Gasteiger partial charge in [0.05, 0.1) is 0 Å². The Bertz CT molecular complexity index is 273. The van der Waals surface area contributed by atoms with Crippen LogP contribution in [0.4, 0.5) is 4.79 Å². The van der Waals surface area contributed by atoms with Gasteiger partial charge in [0.2, 0.25) is 5.91 Å². The number of nitrogens with two attached hydrogens (primary N) is 2. The molecule has 0 aliphatic carbocycles. The lowest BCUT2D eigenvalue weighted by molar-refractivity contribution is -0.120. The molecule has 6 nitrogen and oxygen atoms in total. The molecule has 1 fully saturated rings. The van der Waals surface area contributed by atoms with E-state index in [1.54, 1.807) is 0 Å². The summed E-state index contributed by atoms with van der Waals surface area (Å²) in [6.45, 7) is 4.65. The molecule has 1 rings (SSSR count). The SMILES string of the molecule is CC(N)C1CCN(CCC(=O)NC(N)=O)CC1. The van der Waals surface area contributed by atoms with Crippen molar-refractivity contribution in [1.82, 2.24) is 10.2 Å². The molecule has 1 heterocycles. The Morgan fingerprint density at radius 1 is 1.41 bits per heavy atom. The monoisotopic (exact) mass is 242 g/mol. The first-order valence-electron chi connectivity index (χ1n) is 6.06. The highest BCUT2D eigenvalue weighted by molar-refractivity contribution is 5.93. The lowest BCUT2D eigenvalue weighted by Crippen LogP contribution is -2.42. The Kier molecular flexibility index (Phi) is 5.37. The van der Waals surface area contributed by atoms with Gasteiger partial charge in [0.25, 0.3) is 0 Å².